The lowest BCUT2D eigenvalue weighted by Crippen LogP contribution is -2.16. The third-order valence-electron chi connectivity index (χ3n) is 2.95. The molecule has 98 valence electrons. The number of rotatable bonds is 3. The Labute approximate surface area is 118 Å². The fraction of sp³-hybridized carbons (Fsp3) is 0.214. The van der Waals surface area contributed by atoms with Gasteiger partial charge in [-0.25, -0.2) is 9.97 Å². The number of thiocarbonyl (C=S) groups is 1. The molecule has 0 atom stereocenters. The molecule has 19 heavy (non-hydrogen) atoms. The molecular formula is C14H16N4S. The third-order valence-corrected chi connectivity index (χ3v) is 3.16. The van der Waals surface area contributed by atoms with Gasteiger partial charge in [-0.1, -0.05) is 29.9 Å². The predicted molar refractivity (Wildman–Crippen MR) is 81.9 cm³/mol. The highest BCUT2D eigenvalue weighted by molar-refractivity contribution is 7.80. The van der Waals surface area contributed by atoms with Crippen LogP contribution in [0.1, 0.15) is 16.8 Å². The van der Waals surface area contributed by atoms with Crippen LogP contribution in [0.5, 0.6) is 0 Å². The van der Waals surface area contributed by atoms with E-state index in [0.29, 0.717) is 5.69 Å². The summed E-state index contributed by atoms with van der Waals surface area (Å²) in [6.07, 6.45) is 3.27. The van der Waals surface area contributed by atoms with E-state index in [1.807, 2.05) is 11.9 Å². The van der Waals surface area contributed by atoms with Crippen molar-refractivity contribution in [3.05, 3.63) is 47.4 Å². The molecule has 0 radical (unpaired) electrons. The monoisotopic (exact) mass is 272 g/mol. The van der Waals surface area contributed by atoms with Crippen molar-refractivity contribution >= 4 is 28.7 Å². The molecule has 2 aromatic rings. The summed E-state index contributed by atoms with van der Waals surface area (Å²) >= 11 is 4.86. The van der Waals surface area contributed by atoms with Gasteiger partial charge in [0.2, 0.25) is 0 Å². The topological polar surface area (TPSA) is 55.0 Å². The summed E-state index contributed by atoms with van der Waals surface area (Å²) in [5.41, 5.74) is 9.58. The van der Waals surface area contributed by atoms with Gasteiger partial charge in [0.15, 0.2) is 5.82 Å². The Kier molecular flexibility index (Phi) is 3.76. The summed E-state index contributed by atoms with van der Waals surface area (Å²) in [7, 11) is 1.96. The van der Waals surface area contributed by atoms with Crippen LogP contribution in [0.25, 0.3) is 0 Å². The molecule has 0 amide bonds. The fourth-order valence-corrected chi connectivity index (χ4v) is 2.03. The molecule has 2 rings (SSSR count). The lowest BCUT2D eigenvalue weighted by Gasteiger charge is -2.20. The highest BCUT2D eigenvalue weighted by Crippen LogP contribution is 2.25. The summed E-state index contributed by atoms with van der Waals surface area (Å²) in [6.45, 7) is 4.16. The van der Waals surface area contributed by atoms with Crippen LogP contribution in [0.3, 0.4) is 0 Å². The van der Waals surface area contributed by atoms with Gasteiger partial charge in [0.25, 0.3) is 0 Å². The van der Waals surface area contributed by atoms with Crippen molar-refractivity contribution in [2.24, 2.45) is 5.73 Å². The zero-order chi connectivity index (χ0) is 14.0. The standard InChI is InChI=1S/C14H16N4S/c1-9-4-5-12(10(2)6-9)18(3)13-8-16-11(7-17-13)14(15)19/h4-8H,1-3H3,(H2,15,19). The van der Waals surface area contributed by atoms with Gasteiger partial charge in [0, 0.05) is 12.7 Å². The number of aryl methyl sites for hydroxylation is 2. The van der Waals surface area contributed by atoms with Crippen LogP contribution in [0, 0.1) is 13.8 Å². The fourth-order valence-electron chi connectivity index (χ4n) is 1.93. The summed E-state index contributed by atoms with van der Waals surface area (Å²) < 4.78 is 0. The Morgan fingerprint density at radius 1 is 1.21 bits per heavy atom. The van der Waals surface area contributed by atoms with Crippen molar-refractivity contribution in [2.45, 2.75) is 13.8 Å². The van der Waals surface area contributed by atoms with Gasteiger partial charge in [0.1, 0.15) is 10.7 Å². The van der Waals surface area contributed by atoms with Crippen LogP contribution < -0.4 is 10.6 Å². The molecule has 0 saturated carbocycles. The predicted octanol–water partition coefficient (Wildman–Crippen LogP) is 2.50. The minimum absolute atomic E-state index is 0.258. The first-order valence-electron chi connectivity index (χ1n) is 5.92. The molecule has 0 saturated heterocycles. The second kappa shape index (κ2) is 5.32. The van der Waals surface area contributed by atoms with E-state index in [0.717, 1.165) is 11.5 Å². The molecule has 5 heteroatoms. The maximum absolute atomic E-state index is 5.51. The van der Waals surface area contributed by atoms with E-state index in [1.54, 1.807) is 12.4 Å². The molecule has 2 N–H and O–H groups in total. The van der Waals surface area contributed by atoms with Crippen molar-refractivity contribution in [2.75, 3.05) is 11.9 Å². The van der Waals surface area contributed by atoms with E-state index in [1.165, 1.54) is 11.1 Å². The largest absolute Gasteiger partial charge is 0.388 e. The van der Waals surface area contributed by atoms with E-state index >= 15 is 0 Å². The van der Waals surface area contributed by atoms with E-state index in [9.17, 15) is 0 Å². The number of nitrogens with two attached hydrogens (primary N) is 1. The average Bonchev–Trinajstić information content (AvgIpc) is 2.38. The average molecular weight is 272 g/mol. The minimum atomic E-state index is 0.258. The molecule has 0 fully saturated rings. The molecular weight excluding hydrogens is 256 g/mol. The molecule has 0 bridgehead atoms. The molecule has 0 aliphatic rings. The first-order valence-corrected chi connectivity index (χ1v) is 6.32. The Hall–Kier alpha value is -2.01. The van der Waals surface area contributed by atoms with Gasteiger partial charge in [-0.3, -0.25) is 0 Å². The molecule has 4 nitrogen and oxygen atoms in total. The van der Waals surface area contributed by atoms with Crippen LogP contribution in [-0.4, -0.2) is 22.0 Å². The number of aromatic nitrogens is 2. The minimum Gasteiger partial charge on any atom is -0.388 e. The van der Waals surface area contributed by atoms with Crippen molar-refractivity contribution in [3.63, 3.8) is 0 Å². The van der Waals surface area contributed by atoms with Gasteiger partial charge < -0.3 is 10.6 Å². The van der Waals surface area contributed by atoms with E-state index in [4.69, 9.17) is 18.0 Å². The maximum atomic E-state index is 5.51. The van der Waals surface area contributed by atoms with Crippen molar-refractivity contribution in [3.8, 4) is 0 Å². The van der Waals surface area contributed by atoms with E-state index < -0.39 is 0 Å². The van der Waals surface area contributed by atoms with Crippen LogP contribution in [0.4, 0.5) is 11.5 Å². The number of nitrogens with zero attached hydrogens (tertiary/aromatic N) is 3. The van der Waals surface area contributed by atoms with Gasteiger partial charge in [-0.15, -0.1) is 0 Å². The maximum Gasteiger partial charge on any atom is 0.151 e. The second-order valence-electron chi connectivity index (χ2n) is 4.47. The first kappa shape index (κ1) is 13.4. The molecule has 0 aliphatic carbocycles. The Bertz CT molecular complexity index is 607. The molecule has 1 aromatic heterocycles. The van der Waals surface area contributed by atoms with Crippen LogP contribution in [0.15, 0.2) is 30.6 Å². The normalized spacial score (nSPS) is 10.3. The van der Waals surface area contributed by atoms with Crippen LogP contribution >= 0.6 is 12.2 Å². The lowest BCUT2D eigenvalue weighted by atomic mass is 10.1. The summed E-state index contributed by atoms with van der Waals surface area (Å²) in [5.74, 6) is 0.756. The zero-order valence-corrected chi connectivity index (χ0v) is 12.0. The van der Waals surface area contributed by atoms with Crippen LogP contribution in [0.2, 0.25) is 0 Å². The Balaban J connectivity index is 2.33. The third kappa shape index (κ3) is 2.88. The molecule has 1 heterocycles. The number of anilines is 2. The molecule has 0 unspecified atom stereocenters. The first-order chi connectivity index (χ1) is 8.99. The highest BCUT2D eigenvalue weighted by Gasteiger charge is 2.09. The Morgan fingerprint density at radius 2 is 1.95 bits per heavy atom. The SMILES string of the molecule is Cc1ccc(N(C)c2cnc(C(N)=S)cn2)c(C)c1. The molecule has 0 aliphatic heterocycles. The van der Waals surface area contributed by atoms with Gasteiger partial charge in [-0.05, 0) is 25.5 Å². The Morgan fingerprint density at radius 3 is 2.47 bits per heavy atom. The summed E-state index contributed by atoms with van der Waals surface area (Å²) in [5, 5.41) is 0. The van der Waals surface area contributed by atoms with Gasteiger partial charge in [0.05, 0.1) is 12.4 Å². The quantitative estimate of drug-likeness (QED) is 0.870. The van der Waals surface area contributed by atoms with Crippen molar-refractivity contribution in [1.29, 1.82) is 0 Å². The van der Waals surface area contributed by atoms with E-state index in [2.05, 4.69) is 42.0 Å². The summed E-state index contributed by atoms with van der Waals surface area (Å²) in [6, 6.07) is 6.30. The van der Waals surface area contributed by atoms with Gasteiger partial charge in [-0.2, -0.15) is 0 Å². The number of hydrogen-bond acceptors (Lipinski definition) is 4. The smallest absolute Gasteiger partial charge is 0.151 e. The van der Waals surface area contributed by atoms with Crippen molar-refractivity contribution in [1.82, 2.24) is 9.97 Å². The highest BCUT2D eigenvalue weighted by atomic mass is 32.1. The summed E-state index contributed by atoms with van der Waals surface area (Å²) in [4.78, 5) is 10.8. The molecule has 0 spiro atoms. The number of hydrogen-bond donors (Lipinski definition) is 1. The number of benzene rings is 1. The van der Waals surface area contributed by atoms with Crippen LogP contribution in [-0.2, 0) is 0 Å². The molecule has 1 aromatic carbocycles. The lowest BCUT2D eigenvalue weighted by molar-refractivity contribution is 1.07. The second-order valence-corrected chi connectivity index (χ2v) is 4.91. The van der Waals surface area contributed by atoms with E-state index in [-0.39, 0.29) is 4.99 Å². The zero-order valence-electron chi connectivity index (χ0n) is 11.2. The van der Waals surface area contributed by atoms with Gasteiger partial charge >= 0.3 is 0 Å². The van der Waals surface area contributed by atoms with Crippen molar-refractivity contribution < 1.29 is 0 Å².